The lowest BCUT2D eigenvalue weighted by Gasteiger charge is -2.34. The Morgan fingerprint density at radius 1 is 1.25 bits per heavy atom. The van der Waals surface area contributed by atoms with E-state index in [0.717, 1.165) is 26.2 Å². The molecule has 3 atom stereocenters. The number of likely N-dealkylation sites (tertiary alicyclic amines) is 1. The fourth-order valence-electron chi connectivity index (χ4n) is 3.09. The maximum Gasteiger partial charge on any atom is 0.310 e. The van der Waals surface area contributed by atoms with Gasteiger partial charge in [0.25, 0.3) is 0 Å². The van der Waals surface area contributed by atoms with E-state index < -0.39 is 0 Å². The van der Waals surface area contributed by atoms with Crippen molar-refractivity contribution >= 4 is 11.9 Å². The predicted molar refractivity (Wildman–Crippen MR) is 75.2 cm³/mol. The van der Waals surface area contributed by atoms with Crippen LogP contribution >= 0.6 is 0 Å². The van der Waals surface area contributed by atoms with E-state index in [1.165, 1.54) is 7.11 Å². The molecule has 1 N–H and O–H groups in total. The average molecular weight is 283 g/mol. The van der Waals surface area contributed by atoms with Crippen LogP contribution in [0.3, 0.4) is 0 Å². The van der Waals surface area contributed by atoms with Crippen LogP contribution in [0.15, 0.2) is 0 Å². The third-order valence-electron chi connectivity index (χ3n) is 4.48. The number of carbonyl (C=O) groups is 2. The Labute approximate surface area is 120 Å². The number of ether oxygens (including phenoxy) is 1. The molecule has 0 radical (unpaired) electrons. The summed E-state index contributed by atoms with van der Waals surface area (Å²) in [5, 5.41) is 3.29. The summed E-state index contributed by atoms with van der Waals surface area (Å²) >= 11 is 0. The van der Waals surface area contributed by atoms with Gasteiger partial charge in [0.15, 0.2) is 0 Å². The minimum atomic E-state index is -0.206. The van der Waals surface area contributed by atoms with Crippen LogP contribution in [0, 0.1) is 11.8 Å². The molecule has 0 aromatic carbocycles. The van der Waals surface area contributed by atoms with E-state index in [9.17, 15) is 9.59 Å². The summed E-state index contributed by atoms with van der Waals surface area (Å²) in [7, 11) is 1.41. The molecule has 20 heavy (non-hydrogen) atoms. The molecule has 0 aromatic rings. The van der Waals surface area contributed by atoms with Crippen molar-refractivity contribution in [1.29, 1.82) is 0 Å². The highest BCUT2D eigenvalue weighted by molar-refractivity contribution is 5.83. The first-order valence-corrected chi connectivity index (χ1v) is 7.36. The Morgan fingerprint density at radius 3 is 2.50 bits per heavy atom. The molecule has 2 saturated heterocycles. The van der Waals surface area contributed by atoms with Crippen molar-refractivity contribution in [3.05, 3.63) is 0 Å². The molecule has 6 heteroatoms. The number of piperazine rings is 1. The second-order valence-electron chi connectivity index (χ2n) is 5.81. The molecule has 3 unspecified atom stereocenters. The third kappa shape index (κ3) is 3.12. The van der Waals surface area contributed by atoms with Crippen molar-refractivity contribution in [2.24, 2.45) is 11.8 Å². The van der Waals surface area contributed by atoms with E-state index in [2.05, 4.69) is 10.2 Å². The topological polar surface area (TPSA) is 61.9 Å². The first kappa shape index (κ1) is 15.3. The lowest BCUT2D eigenvalue weighted by atomic mass is 9.99. The Balaban J connectivity index is 1.94. The molecule has 2 heterocycles. The van der Waals surface area contributed by atoms with Gasteiger partial charge in [-0.25, -0.2) is 0 Å². The van der Waals surface area contributed by atoms with Crippen LogP contribution in [-0.4, -0.2) is 74.1 Å². The molecule has 0 spiro atoms. The summed E-state index contributed by atoms with van der Waals surface area (Å²) in [6.45, 7) is 8.76. The molecular formula is C14H25N3O3. The van der Waals surface area contributed by atoms with Gasteiger partial charge >= 0.3 is 5.97 Å². The van der Waals surface area contributed by atoms with E-state index in [-0.39, 0.29) is 29.8 Å². The number of methoxy groups -OCH3 is 1. The molecule has 1 amide bonds. The number of amides is 1. The molecule has 2 rings (SSSR count). The van der Waals surface area contributed by atoms with Gasteiger partial charge in [-0.1, -0.05) is 6.92 Å². The van der Waals surface area contributed by atoms with Gasteiger partial charge in [-0.05, 0) is 12.8 Å². The number of nitrogens with one attached hydrogen (secondary N) is 1. The van der Waals surface area contributed by atoms with Crippen LogP contribution in [0.4, 0.5) is 0 Å². The largest absolute Gasteiger partial charge is 0.469 e. The van der Waals surface area contributed by atoms with Gasteiger partial charge < -0.3 is 15.0 Å². The number of carbonyl (C=O) groups excluding carboxylic acids is 2. The first-order valence-electron chi connectivity index (χ1n) is 7.36. The SMILES string of the molecule is COC(=O)C1CN(C(=O)C(C)N2CCNCC2)CC1C. The zero-order chi connectivity index (χ0) is 14.7. The lowest BCUT2D eigenvalue weighted by Crippen LogP contribution is -2.53. The molecule has 0 saturated carbocycles. The van der Waals surface area contributed by atoms with Crippen LogP contribution in [-0.2, 0) is 14.3 Å². The molecular weight excluding hydrogens is 258 g/mol. The molecule has 2 aliphatic rings. The van der Waals surface area contributed by atoms with Gasteiger partial charge in [0.2, 0.25) is 5.91 Å². The normalized spacial score (nSPS) is 29.2. The molecule has 6 nitrogen and oxygen atoms in total. The highest BCUT2D eigenvalue weighted by Gasteiger charge is 2.39. The van der Waals surface area contributed by atoms with E-state index >= 15 is 0 Å². The number of rotatable bonds is 3. The Kier molecular flexibility index (Phi) is 4.99. The maximum atomic E-state index is 12.6. The third-order valence-corrected chi connectivity index (χ3v) is 4.48. The second-order valence-corrected chi connectivity index (χ2v) is 5.81. The van der Waals surface area contributed by atoms with Crippen LogP contribution in [0.25, 0.3) is 0 Å². The summed E-state index contributed by atoms with van der Waals surface area (Å²) in [6, 6.07) is -0.110. The van der Waals surface area contributed by atoms with E-state index in [0.29, 0.717) is 13.1 Å². The van der Waals surface area contributed by atoms with E-state index in [1.807, 2.05) is 18.7 Å². The van der Waals surface area contributed by atoms with Crippen molar-refractivity contribution in [2.75, 3.05) is 46.4 Å². The zero-order valence-corrected chi connectivity index (χ0v) is 12.6. The van der Waals surface area contributed by atoms with Crippen molar-refractivity contribution in [3.63, 3.8) is 0 Å². The van der Waals surface area contributed by atoms with Gasteiger partial charge in [-0.2, -0.15) is 0 Å². The van der Waals surface area contributed by atoms with Crippen molar-refractivity contribution < 1.29 is 14.3 Å². The number of hydrogen-bond acceptors (Lipinski definition) is 5. The van der Waals surface area contributed by atoms with Crippen molar-refractivity contribution in [1.82, 2.24) is 15.1 Å². The number of hydrogen-bond donors (Lipinski definition) is 1. The zero-order valence-electron chi connectivity index (χ0n) is 12.6. The number of nitrogens with zero attached hydrogens (tertiary/aromatic N) is 2. The Morgan fingerprint density at radius 2 is 1.90 bits per heavy atom. The lowest BCUT2D eigenvalue weighted by molar-refractivity contribution is -0.146. The molecule has 2 aliphatic heterocycles. The van der Waals surface area contributed by atoms with Crippen LogP contribution in [0.2, 0.25) is 0 Å². The van der Waals surface area contributed by atoms with Crippen LogP contribution in [0.5, 0.6) is 0 Å². The summed E-state index contributed by atoms with van der Waals surface area (Å²) in [5.41, 5.74) is 0. The highest BCUT2D eigenvalue weighted by Crippen LogP contribution is 2.25. The molecule has 114 valence electrons. The standard InChI is InChI=1S/C14H25N3O3/c1-10-8-17(9-12(10)14(19)20-3)13(18)11(2)16-6-4-15-5-7-16/h10-12,15H,4-9H2,1-3H3. The van der Waals surface area contributed by atoms with Crippen LogP contribution in [0.1, 0.15) is 13.8 Å². The summed E-state index contributed by atoms with van der Waals surface area (Å²) in [6.07, 6.45) is 0. The molecule has 0 aromatic heterocycles. The second kappa shape index (κ2) is 6.54. The fraction of sp³-hybridized carbons (Fsp3) is 0.857. The van der Waals surface area contributed by atoms with Gasteiger partial charge in [0.05, 0.1) is 19.1 Å². The number of esters is 1. The van der Waals surface area contributed by atoms with Crippen molar-refractivity contribution in [3.8, 4) is 0 Å². The first-order chi connectivity index (χ1) is 9.54. The molecule has 0 aliphatic carbocycles. The molecule has 0 bridgehead atoms. The van der Waals surface area contributed by atoms with Gasteiger partial charge in [0, 0.05) is 39.3 Å². The van der Waals surface area contributed by atoms with Gasteiger partial charge in [-0.3, -0.25) is 14.5 Å². The fourth-order valence-corrected chi connectivity index (χ4v) is 3.09. The minimum Gasteiger partial charge on any atom is -0.469 e. The maximum absolute atomic E-state index is 12.6. The minimum absolute atomic E-state index is 0.110. The smallest absolute Gasteiger partial charge is 0.310 e. The summed E-state index contributed by atoms with van der Waals surface area (Å²) < 4.78 is 4.81. The monoisotopic (exact) mass is 283 g/mol. The van der Waals surface area contributed by atoms with Gasteiger partial charge in [-0.15, -0.1) is 0 Å². The Hall–Kier alpha value is -1.14. The van der Waals surface area contributed by atoms with Crippen LogP contribution < -0.4 is 5.32 Å². The van der Waals surface area contributed by atoms with Gasteiger partial charge in [0.1, 0.15) is 0 Å². The quantitative estimate of drug-likeness (QED) is 0.711. The predicted octanol–water partition coefficient (Wildman–Crippen LogP) is -0.452. The summed E-state index contributed by atoms with van der Waals surface area (Å²) in [5.74, 6) is -0.0893. The van der Waals surface area contributed by atoms with E-state index in [1.54, 1.807) is 0 Å². The Bertz CT molecular complexity index is 369. The average Bonchev–Trinajstić information content (AvgIpc) is 2.87. The van der Waals surface area contributed by atoms with E-state index in [4.69, 9.17) is 4.74 Å². The molecule has 2 fully saturated rings. The highest BCUT2D eigenvalue weighted by atomic mass is 16.5. The summed E-state index contributed by atoms with van der Waals surface area (Å²) in [4.78, 5) is 28.3. The van der Waals surface area contributed by atoms with Crippen molar-refractivity contribution in [2.45, 2.75) is 19.9 Å².